The molecular weight excluding hydrogens is 273 g/mol. The molecule has 2 amide bonds. The molecule has 1 aliphatic heterocycles. The molecule has 1 heterocycles. The minimum atomic E-state index is -0.978. The molecule has 0 saturated carbocycles. The van der Waals surface area contributed by atoms with Gasteiger partial charge in [-0.3, -0.25) is 0 Å². The van der Waals surface area contributed by atoms with Gasteiger partial charge in [0.15, 0.2) is 0 Å². The van der Waals surface area contributed by atoms with E-state index in [9.17, 15) is 14.3 Å². The molecule has 0 aromatic heterocycles. The Kier molecular flexibility index (Phi) is 4.14. The van der Waals surface area contributed by atoms with Gasteiger partial charge < -0.3 is 15.3 Å². The number of benzene rings is 1. The van der Waals surface area contributed by atoms with Crippen LogP contribution >= 0.6 is 0 Å². The van der Waals surface area contributed by atoms with Crippen LogP contribution in [0.5, 0.6) is 0 Å². The molecule has 2 N–H and O–H groups in total. The highest BCUT2D eigenvalue weighted by atomic mass is 19.1. The first kappa shape index (κ1) is 15.3. The van der Waals surface area contributed by atoms with Gasteiger partial charge in [-0.25, -0.2) is 9.18 Å². The van der Waals surface area contributed by atoms with E-state index in [0.29, 0.717) is 12.2 Å². The predicted octanol–water partition coefficient (Wildman–Crippen LogP) is 2.46. The van der Waals surface area contributed by atoms with E-state index in [1.54, 1.807) is 24.8 Å². The van der Waals surface area contributed by atoms with E-state index < -0.39 is 11.4 Å². The zero-order chi connectivity index (χ0) is 15.6. The monoisotopic (exact) mass is 291 g/mol. The highest BCUT2D eigenvalue weighted by Gasteiger charge is 2.38. The van der Waals surface area contributed by atoms with Crippen LogP contribution in [0.25, 0.3) is 0 Å². The van der Waals surface area contributed by atoms with Crippen molar-refractivity contribution in [3.8, 4) is 6.07 Å². The second-order valence-corrected chi connectivity index (χ2v) is 5.74. The van der Waals surface area contributed by atoms with Crippen molar-refractivity contribution < 1.29 is 14.3 Å². The number of rotatable bonds is 2. The van der Waals surface area contributed by atoms with Crippen molar-refractivity contribution >= 4 is 11.7 Å². The van der Waals surface area contributed by atoms with Crippen molar-refractivity contribution in [1.29, 1.82) is 5.26 Å². The van der Waals surface area contributed by atoms with Crippen LogP contribution in [-0.2, 0) is 0 Å². The van der Waals surface area contributed by atoms with Gasteiger partial charge in [0.25, 0.3) is 0 Å². The summed E-state index contributed by atoms with van der Waals surface area (Å²) in [5.41, 5.74) is -0.735. The standard InChI is InChI=1S/C15H18FN3O2/c1-15(2,21)13-4-3-7-19(13)14(20)18-11-5-6-12(16)10(8-11)9-17/h5-6,8,13,21H,3-4,7H2,1-2H3,(H,18,20). The van der Waals surface area contributed by atoms with Gasteiger partial charge in [-0.15, -0.1) is 0 Å². The summed E-state index contributed by atoms with van der Waals surface area (Å²) >= 11 is 0. The van der Waals surface area contributed by atoms with Crippen molar-refractivity contribution in [1.82, 2.24) is 4.90 Å². The number of amides is 2. The molecule has 1 aliphatic rings. The van der Waals surface area contributed by atoms with Crippen LogP contribution < -0.4 is 5.32 Å². The third-order valence-electron chi connectivity index (χ3n) is 3.67. The fraction of sp³-hybridized carbons (Fsp3) is 0.467. The number of likely N-dealkylation sites (tertiary alicyclic amines) is 1. The van der Waals surface area contributed by atoms with Crippen LogP contribution in [0.4, 0.5) is 14.9 Å². The molecule has 1 aromatic rings. The maximum atomic E-state index is 13.2. The number of hydrogen-bond acceptors (Lipinski definition) is 3. The van der Waals surface area contributed by atoms with Crippen molar-refractivity contribution in [3.63, 3.8) is 0 Å². The van der Waals surface area contributed by atoms with E-state index in [-0.39, 0.29) is 17.6 Å². The molecule has 1 aromatic carbocycles. The van der Waals surface area contributed by atoms with Gasteiger partial charge in [-0.1, -0.05) is 0 Å². The molecule has 0 aliphatic carbocycles. The maximum absolute atomic E-state index is 13.2. The first-order valence-electron chi connectivity index (χ1n) is 6.82. The number of nitrogens with one attached hydrogen (secondary N) is 1. The van der Waals surface area contributed by atoms with Crippen molar-refractivity contribution in [3.05, 3.63) is 29.6 Å². The molecular formula is C15H18FN3O2. The number of urea groups is 1. The largest absolute Gasteiger partial charge is 0.388 e. The second kappa shape index (κ2) is 5.70. The number of nitriles is 1. The minimum Gasteiger partial charge on any atom is -0.388 e. The first-order valence-corrected chi connectivity index (χ1v) is 6.82. The highest BCUT2D eigenvalue weighted by Crippen LogP contribution is 2.27. The molecule has 0 bridgehead atoms. The fourth-order valence-electron chi connectivity index (χ4n) is 2.63. The van der Waals surface area contributed by atoms with Crippen LogP contribution in [-0.4, -0.2) is 34.2 Å². The lowest BCUT2D eigenvalue weighted by Gasteiger charge is -2.33. The number of hydrogen-bond donors (Lipinski definition) is 2. The molecule has 21 heavy (non-hydrogen) atoms. The number of carbonyl (C=O) groups excluding carboxylic acids is 1. The predicted molar refractivity (Wildman–Crippen MR) is 76.2 cm³/mol. The third-order valence-corrected chi connectivity index (χ3v) is 3.67. The molecule has 1 saturated heterocycles. The zero-order valence-corrected chi connectivity index (χ0v) is 12.1. The number of aliphatic hydroxyl groups is 1. The molecule has 2 rings (SSSR count). The van der Waals surface area contributed by atoms with Gasteiger partial charge in [0.05, 0.1) is 17.2 Å². The summed E-state index contributed by atoms with van der Waals surface area (Å²) < 4.78 is 13.2. The third kappa shape index (κ3) is 3.31. The Balaban J connectivity index is 2.13. The highest BCUT2D eigenvalue weighted by molar-refractivity contribution is 5.90. The zero-order valence-electron chi connectivity index (χ0n) is 12.1. The van der Waals surface area contributed by atoms with Crippen LogP contribution in [0.15, 0.2) is 18.2 Å². The van der Waals surface area contributed by atoms with Crippen LogP contribution in [0.3, 0.4) is 0 Å². The smallest absolute Gasteiger partial charge is 0.322 e. The molecule has 5 nitrogen and oxygen atoms in total. The van der Waals surface area contributed by atoms with E-state index in [2.05, 4.69) is 5.32 Å². The Morgan fingerprint density at radius 2 is 2.29 bits per heavy atom. The summed E-state index contributed by atoms with van der Waals surface area (Å²) in [6.45, 7) is 3.91. The SMILES string of the molecule is CC(C)(O)C1CCCN1C(=O)Nc1ccc(F)c(C#N)c1. The van der Waals surface area contributed by atoms with E-state index in [1.165, 1.54) is 12.1 Å². The summed E-state index contributed by atoms with van der Waals surface area (Å²) in [5, 5.41) is 21.5. The first-order chi connectivity index (χ1) is 9.82. The number of carbonyl (C=O) groups is 1. The van der Waals surface area contributed by atoms with Crippen molar-refractivity contribution in [2.45, 2.75) is 38.3 Å². The lowest BCUT2D eigenvalue weighted by Crippen LogP contribution is -2.49. The number of halogens is 1. The van der Waals surface area contributed by atoms with E-state index >= 15 is 0 Å². The van der Waals surface area contributed by atoms with E-state index in [1.807, 2.05) is 0 Å². The van der Waals surface area contributed by atoms with Crippen molar-refractivity contribution in [2.24, 2.45) is 0 Å². The Morgan fingerprint density at radius 1 is 1.57 bits per heavy atom. The summed E-state index contributed by atoms with van der Waals surface area (Å²) in [7, 11) is 0. The summed E-state index contributed by atoms with van der Waals surface area (Å²) in [4.78, 5) is 13.9. The van der Waals surface area contributed by atoms with Crippen LogP contribution in [0.1, 0.15) is 32.3 Å². The molecule has 1 fully saturated rings. The van der Waals surface area contributed by atoms with Gasteiger partial charge >= 0.3 is 6.03 Å². The summed E-state index contributed by atoms with van der Waals surface area (Å²) in [5.74, 6) is -0.619. The Hall–Kier alpha value is -2.13. The normalized spacial score (nSPS) is 18.4. The van der Waals surface area contributed by atoms with Gasteiger partial charge in [0, 0.05) is 12.2 Å². The summed E-state index contributed by atoms with van der Waals surface area (Å²) in [6.07, 6.45) is 1.57. The molecule has 0 radical (unpaired) electrons. The number of anilines is 1. The van der Waals surface area contributed by atoms with E-state index in [0.717, 1.165) is 18.9 Å². The Bertz CT molecular complexity index is 590. The maximum Gasteiger partial charge on any atom is 0.322 e. The van der Waals surface area contributed by atoms with Gasteiger partial charge in [0.2, 0.25) is 0 Å². The minimum absolute atomic E-state index is 0.117. The molecule has 0 spiro atoms. The summed E-state index contributed by atoms with van der Waals surface area (Å²) in [6, 6.07) is 4.97. The van der Waals surface area contributed by atoms with Gasteiger partial charge in [-0.05, 0) is 44.9 Å². The van der Waals surface area contributed by atoms with Gasteiger partial charge in [0.1, 0.15) is 11.9 Å². The molecule has 1 unspecified atom stereocenters. The average molecular weight is 291 g/mol. The van der Waals surface area contributed by atoms with Gasteiger partial charge in [-0.2, -0.15) is 5.26 Å². The van der Waals surface area contributed by atoms with Crippen LogP contribution in [0.2, 0.25) is 0 Å². The fourth-order valence-corrected chi connectivity index (χ4v) is 2.63. The Labute approximate surface area is 123 Å². The molecule has 1 atom stereocenters. The average Bonchev–Trinajstić information content (AvgIpc) is 2.90. The topological polar surface area (TPSA) is 76.4 Å². The lowest BCUT2D eigenvalue weighted by atomic mass is 9.97. The quantitative estimate of drug-likeness (QED) is 0.878. The van der Waals surface area contributed by atoms with E-state index in [4.69, 9.17) is 5.26 Å². The second-order valence-electron chi connectivity index (χ2n) is 5.74. The van der Waals surface area contributed by atoms with Crippen molar-refractivity contribution in [2.75, 3.05) is 11.9 Å². The molecule has 112 valence electrons. The van der Waals surface area contributed by atoms with Crippen LogP contribution in [0, 0.1) is 17.1 Å². The lowest BCUT2D eigenvalue weighted by molar-refractivity contribution is 0.0117. The Morgan fingerprint density at radius 3 is 2.90 bits per heavy atom. The number of nitrogens with zero attached hydrogens (tertiary/aromatic N) is 2. The molecule has 6 heteroatoms.